The molecule has 0 aromatic rings. The molecule has 122 valence electrons. The van der Waals surface area contributed by atoms with Gasteiger partial charge in [-0.1, -0.05) is 6.08 Å². The first-order valence-electron chi connectivity index (χ1n) is 7.08. The van der Waals surface area contributed by atoms with Crippen LogP contribution in [0.5, 0.6) is 0 Å². The fourth-order valence-corrected chi connectivity index (χ4v) is 3.61. The fourth-order valence-electron chi connectivity index (χ4n) is 2.24. The van der Waals surface area contributed by atoms with E-state index in [1.807, 2.05) is 0 Å². The largest absolute Gasteiger partial charge is 0.465 e. The predicted molar refractivity (Wildman–Crippen MR) is 79.8 cm³/mol. The number of nitrogens with zero attached hydrogens (tertiary/aromatic N) is 1. The van der Waals surface area contributed by atoms with E-state index in [1.165, 1.54) is 4.31 Å². The third-order valence-corrected chi connectivity index (χ3v) is 5.07. The Bertz CT molecular complexity index is 484. The highest BCUT2D eigenvalue weighted by molar-refractivity contribution is 7.84. The van der Waals surface area contributed by atoms with Crippen LogP contribution < -0.4 is 0 Å². The van der Waals surface area contributed by atoms with Crippen molar-refractivity contribution in [1.29, 1.82) is 0 Å². The molecule has 1 saturated heterocycles. The highest BCUT2D eigenvalue weighted by Gasteiger charge is 2.43. The van der Waals surface area contributed by atoms with Crippen LogP contribution in [0, 0.1) is 5.41 Å². The minimum Gasteiger partial charge on any atom is -0.465 e. The molecule has 0 atom stereocenters. The van der Waals surface area contributed by atoms with Crippen molar-refractivity contribution in [3.05, 3.63) is 12.7 Å². The van der Waals surface area contributed by atoms with E-state index in [2.05, 4.69) is 6.58 Å². The third-order valence-electron chi connectivity index (χ3n) is 3.36. The smallest absolute Gasteiger partial charge is 0.338 e. The molecule has 0 radical (unpaired) electrons. The summed E-state index contributed by atoms with van der Waals surface area (Å²) in [7, 11) is -3.79. The van der Waals surface area contributed by atoms with Gasteiger partial charge in [0.1, 0.15) is 0 Å². The van der Waals surface area contributed by atoms with E-state index < -0.39 is 21.3 Å². The van der Waals surface area contributed by atoms with Crippen molar-refractivity contribution in [3.63, 3.8) is 0 Å². The van der Waals surface area contributed by atoms with Crippen molar-refractivity contribution >= 4 is 16.3 Å². The first kappa shape index (κ1) is 18.1. The summed E-state index contributed by atoms with van der Waals surface area (Å²) in [5.74, 6) is -0.339. The molecule has 1 aliphatic heterocycles. The number of ether oxygens (including phenoxy) is 1. The van der Waals surface area contributed by atoms with Crippen molar-refractivity contribution in [1.82, 2.24) is 4.31 Å². The predicted octanol–water partition coefficient (Wildman–Crippen LogP) is 1.88. The zero-order valence-corrected chi connectivity index (χ0v) is 14.0. The lowest BCUT2D eigenvalue weighted by molar-refractivity contribution is -0.154. The molecule has 1 rings (SSSR count). The van der Waals surface area contributed by atoms with Gasteiger partial charge in [0.15, 0.2) is 0 Å². The Morgan fingerprint density at radius 2 is 1.86 bits per heavy atom. The van der Waals surface area contributed by atoms with Gasteiger partial charge in [-0.25, -0.2) is 0 Å². The third kappa shape index (κ3) is 4.52. The maximum absolute atomic E-state index is 12.2. The highest BCUT2D eigenvalue weighted by atomic mass is 32.2. The summed E-state index contributed by atoms with van der Waals surface area (Å²) in [6, 6.07) is 0. The number of hydrogen-bond acceptors (Lipinski definition) is 5. The molecule has 0 bridgehead atoms. The van der Waals surface area contributed by atoms with Crippen LogP contribution in [-0.2, 0) is 24.0 Å². The Hall–Kier alpha value is -0.920. The minimum absolute atomic E-state index is 0.212. The van der Waals surface area contributed by atoms with E-state index >= 15 is 0 Å². The van der Waals surface area contributed by atoms with Gasteiger partial charge in [0, 0.05) is 13.1 Å². The van der Waals surface area contributed by atoms with Crippen LogP contribution in [0.1, 0.15) is 40.5 Å². The summed E-state index contributed by atoms with van der Waals surface area (Å²) in [6.07, 6.45) is 2.27. The molecule has 1 heterocycles. The SMILES string of the molecule is C=CC1(C(=O)OCC)CCN(S(=O)(=O)OC(C)(C)C)CC1. The Balaban J connectivity index is 2.79. The lowest BCUT2D eigenvalue weighted by Crippen LogP contribution is -2.47. The van der Waals surface area contributed by atoms with Gasteiger partial charge in [-0.05, 0) is 40.5 Å². The molecular weight excluding hydrogens is 294 g/mol. The first-order valence-corrected chi connectivity index (χ1v) is 8.44. The molecule has 0 saturated carbocycles. The van der Waals surface area contributed by atoms with Crippen LogP contribution in [-0.4, -0.2) is 44.0 Å². The molecule has 0 aromatic carbocycles. The highest BCUT2D eigenvalue weighted by Crippen LogP contribution is 2.35. The Morgan fingerprint density at radius 3 is 2.24 bits per heavy atom. The molecule has 1 fully saturated rings. The molecule has 6 nitrogen and oxygen atoms in total. The zero-order valence-electron chi connectivity index (χ0n) is 13.2. The molecule has 0 aromatic heterocycles. The van der Waals surface area contributed by atoms with Crippen molar-refractivity contribution < 1.29 is 22.1 Å². The molecule has 1 aliphatic rings. The zero-order chi connectivity index (χ0) is 16.3. The molecular formula is C14H25NO5S. The van der Waals surface area contributed by atoms with E-state index in [4.69, 9.17) is 8.92 Å². The maximum Gasteiger partial charge on any atom is 0.338 e. The number of hydrogen-bond donors (Lipinski definition) is 0. The summed E-state index contributed by atoms with van der Waals surface area (Å²) in [5.41, 5.74) is -1.59. The topological polar surface area (TPSA) is 72.9 Å². The number of carbonyl (C=O) groups is 1. The van der Waals surface area contributed by atoms with Crippen LogP contribution in [0.4, 0.5) is 0 Å². The van der Waals surface area contributed by atoms with Crippen molar-refractivity contribution in [3.8, 4) is 0 Å². The standard InChI is InChI=1S/C14H25NO5S/c1-6-14(12(16)19-7-2)8-10-15(11-9-14)21(17,18)20-13(3,4)5/h6H,1,7-11H2,2-5H3. The van der Waals surface area contributed by atoms with Gasteiger partial charge in [0.25, 0.3) is 0 Å². The summed E-state index contributed by atoms with van der Waals surface area (Å²) in [4.78, 5) is 12.0. The number of carbonyl (C=O) groups excluding carboxylic acids is 1. The molecule has 21 heavy (non-hydrogen) atoms. The summed E-state index contributed by atoms with van der Waals surface area (Å²) < 4.78 is 35.8. The molecule has 0 spiro atoms. The van der Waals surface area contributed by atoms with Crippen LogP contribution >= 0.6 is 0 Å². The average Bonchev–Trinajstić information content (AvgIpc) is 2.36. The second-order valence-corrected chi connectivity index (χ2v) is 7.67. The fraction of sp³-hybridized carbons (Fsp3) is 0.786. The summed E-state index contributed by atoms with van der Waals surface area (Å²) in [6.45, 7) is 11.2. The Morgan fingerprint density at radius 1 is 1.33 bits per heavy atom. The van der Waals surface area contributed by atoms with Crippen LogP contribution in [0.3, 0.4) is 0 Å². The van der Waals surface area contributed by atoms with E-state index in [0.29, 0.717) is 19.4 Å². The van der Waals surface area contributed by atoms with Gasteiger partial charge >= 0.3 is 16.3 Å². The van der Waals surface area contributed by atoms with Gasteiger partial charge in [-0.3, -0.25) is 8.98 Å². The van der Waals surface area contributed by atoms with Gasteiger partial charge in [0.2, 0.25) is 0 Å². The Kier molecular flexibility index (Phi) is 5.57. The molecule has 0 N–H and O–H groups in total. The normalized spacial score (nSPS) is 20.0. The second kappa shape index (κ2) is 6.46. The number of rotatable bonds is 5. The van der Waals surface area contributed by atoms with Crippen LogP contribution in [0.2, 0.25) is 0 Å². The van der Waals surface area contributed by atoms with Crippen LogP contribution in [0.15, 0.2) is 12.7 Å². The first-order chi connectivity index (χ1) is 9.56. The van der Waals surface area contributed by atoms with Crippen molar-refractivity contribution in [2.24, 2.45) is 5.41 Å². The quantitative estimate of drug-likeness (QED) is 0.571. The lowest BCUT2D eigenvalue weighted by atomic mass is 9.79. The van der Waals surface area contributed by atoms with Gasteiger partial charge in [-0.2, -0.15) is 12.7 Å². The van der Waals surface area contributed by atoms with Crippen molar-refractivity contribution in [2.75, 3.05) is 19.7 Å². The minimum atomic E-state index is -3.79. The van der Waals surface area contributed by atoms with Gasteiger partial charge in [-0.15, -0.1) is 6.58 Å². The monoisotopic (exact) mass is 319 g/mol. The van der Waals surface area contributed by atoms with Crippen LogP contribution in [0.25, 0.3) is 0 Å². The summed E-state index contributed by atoms with van der Waals surface area (Å²) in [5, 5.41) is 0. The number of piperidine rings is 1. The lowest BCUT2D eigenvalue weighted by Gasteiger charge is -2.37. The maximum atomic E-state index is 12.2. The van der Waals surface area contributed by atoms with E-state index in [1.54, 1.807) is 33.8 Å². The Labute approximate surface area is 127 Å². The number of esters is 1. The van der Waals surface area contributed by atoms with E-state index in [0.717, 1.165) is 0 Å². The van der Waals surface area contributed by atoms with E-state index in [9.17, 15) is 13.2 Å². The summed E-state index contributed by atoms with van der Waals surface area (Å²) >= 11 is 0. The molecule has 0 aliphatic carbocycles. The molecule has 0 unspecified atom stereocenters. The van der Waals surface area contributed by atoms with E-state index in [-0.39, 0.29) is 19.1 Å². The molecule has 7 heteroatoms. The average molecular weight is 319 g/mol. The van der Waals surface area contributed by atoms with Gasteiger partial charge < -0.3 is 4.74 Å². The van der Waals surface area contributed by atoms with Crippen molar-refractivity contribution in [2.45, 2.75) is 46.1 Å². The van der Waals surface area contributed by atoms with Gasteiger partial charge in [0.05, 0.1) is 17.6 Å². The molecule has 0 amide bonds. The second-order valence-electron chi connectivity index (χ2n) is 6.13.